The second-order valence-electron chi connectivity index (χ2n) is 13.3. The number of allylic oxidation sites excluding steroid dienone is 1. The number of pyridine rings is 1. The van der Waals surface area contributed by atoms with E-state index in [0.717, 1.165) is 5.92 Å². The molecule has 190 valence electrons. The average Bonchev–Trinajstić information content (AvgIpc) is 3.38. The first-order chi connectivity index (χ1) is 17.3. The maximum atomic E-state index is 7.52. The number of hydrogen-bond donors (Lipinski definition) is 0. The van der Waals surface area contributed by atoms with Crippen LogP contribution in [0.3, 0.4) is 0 Å². The molecule has 2 bridgehead atoms. The fourth-order valence-electron chi connectivity index (χ4n) is 9.15. The second kappa shape index (κ2) is 8.01. The topological polar surface area (TPSA) is 25.4 Å². The number of fused-ring (bicyclic) bond motifs is 2. The molecule has 0 amide bonds. The molecule has 3 heteroatoms. The highest BCUT2D eigenvalue weighted by Crippen LogP contribution is 2.69. The van der Waals surface area contributed by atoms with Crippen molar-refractivity contribution in [3.63, 3.8) is 0 Å². The Morgan fingerprint density at radius 2 is 2.00 bits per heavy atom. The monoisotopic (exact) mass is 482 g/mol. The van der Waals surface area contributed by atoms with Gasteiger partial charge in [0.25, 0.3) is 0 Å². The van der Waals surface area contributed by atoms with Gasteiger partial charge in [-0.2, -0.15) is 0 Å². The number of benzene rings is 1. The Bertz CT molecular complexity index is 1260. The van der Waals surface area contributed by atoms with E-state index in [1.54, 1.807) is 5.57 Å². The summed E-state index contributed by atoms with van der Waals surface area (Å²) in [4.78, 5) is 6.93. The third-order valence-corrected chi connectivity index (χ3v) is 11.3. The molecule has 0 unspecified atom stereocenters. The molecular formula is C33H42N2O. The average molecular weight is 483 g/mol. The summed E-state index contributed by atoms with van der Waals surface area (Å²) in [6.45, 7) is 8.42. The highest BCUT2D eigenvalue weighted by Gasteiger charge is 2.66. The summed E-state index contributed by atoms with van der Waals surface area (Å²) in [5.41, 5.74) is 4.85. The minimum Gasteiger partial charge on any atom is -0.359 e. The zero-order valence-electron chi connectivity index (χ0n) is 22.6. The molecule has 3 nitrogen and oxygen atoms in total. The molecule has 2 aromatic rings. The van der Waals surface area contributed by atoms with E-state index in [2.05, 4.69) is 74.1 Å². The normalized spacial score (nSPS) is 39.1. The Morgan fingerprint density at radius 3 is 2.86 bits per heavy atom. The number of ether oxygens (including phenoxy) is 1. The minimum atomic E-state index is -0.0600. The van der Waals surface area contributed by atoms with E-state index < -0.39 is 0 Å². The minimum absolute atomic E-state index is 0.00301. The first kappa shape index (κ1) is 23.2. The van der Waals surface area contributed by atoms with Crippen LogP contribution in [0, 0.1) is 17.3 Å². The van der Waals surface area contributed by atoms with Crippen molar-refractivity contribution in [1.29, 1.82) is 0 Å². The van der Waals surface area contributed by atoms with Gasteiger partial charge in [0.05, 0.1) is 11.2 Å². The van der Waals surface area contributed by atoms with Crippen LogP contribution < -0.4 is 0 Å². The molecule has 1 aromatic heterocycles. The molecule has 2 saturated carbocycles. The fraction of sp³-hybridized carbons (Fsp3) is 0.606. The van der Waals surface area contributed by atoms with E-state index in [1.807, 2.05) is 12.4 Å². The quantitative estimate of drug-likeness (QED) is 0.453. The molecule has 2 aliphatic heterocycles. The molecule has 3 aliphatic carbocycles. The van der Waals surface area contributed by atoms with E-state index in [-0.39, 0.29) is 16.6 Å². The van der Waals surface area contributed by atoms with Crippen molar-refractivity contribution in [2.45, 2.75) is 95.3 Å². The van der Waals surface area contributed by atoms with Crippen LogP contribution in [0.1, 0.15) is 83.6 Å². The number of rotatable bonds is 4. The summed E-state index contributed by atoms with van der Waals surface area (Å²) < 4.78 is 7.52. The molecule has 6 atom stereocenters. The van der Waals surface area contributed by atoms with Crippen LogP contribution in [-0.2, 0) is 4.74 Å². The van der Waals surface area contributed by atoms with E-state index in [9.17, 15) is 0 Å². The molecule has 5 aliphatic rings. The van der Waals surface area contributed by atoms with Gasteiger partial charge in [-0.1, -0.05) is 31.2 Å². The van der Waals surface area contributed by atoms with Crippen molar-refractivity contribution in [2.24, 2.45) is 17.3 Å². The van der Waals surface area contributed by atoms with Crippen molar-refractivity contribution in [3.8, 4) is 0 Å². The smallest absolute Gasteiger partial charge is 0.0974 e. The van der Waals surface area contributed by atoms with Crippen LogP contribution in [-0.4, -0.2) is 40.7 Å². The van der Waals surface area contributed by atoms with Crippen LogP contribution in [0.15, 0.2) is 60.0 Å². The van der Waals surface area contributed by atoms with Crippen molar-refractivity contribution >= 4 is 10.8 Å². The SMILES string of the molecule is CC(C)N(C)C[C@@H]1CCC2=CC3=CC[C@]4(C)[C@@H](c5ccc6ccncc6c5)CC[C@H]4[C@@]34CC[C@]2(C1)O4. The zero-order valence-corrected chi connectivity index (χ0v) is 22.6. The van der Waals surface area contributed by atoms with E-state index >= 15 is 0 Å². The van der Waals surface area contributed by atoms with Crippen molar-refractivity contribution in [3.05, 3.63) is 65.5 Å². The van der Waals surface area contributed by atoms with Gasteiger partial charge in [0.1, 0.15) is 0 Å². The molecule has 3 heterocycles. The Morgan fingerprint density at radius 1 is 1.11 bits per heavy atom. The second-order valence-corrected chi connectivity index (χ2v) is 13.3. The molecular weight excluding hydrogens is 440 g/mol. The van der Waals surface area contributed by atoms with Gasteiger partial charge in [0.2, 0.25) is 0 Å². The van der Waals surface area contributed by atoms with Gasteiger partial charge < -0.3 is 9.64 Å². The molecule has 1 aromatic carbocycles. The lowest BCUT2D eigenvalue weighted by Crippen LogP contribution is -2.54. The number of hydrogen-bond acceptors (Lipinski definition) is 3. The summed E-state index contributed by atoms with van der Waals surface area (Å²) in [6.07, 6.45) is 19.1. The molecule has 2 spiro atoms. The van der Waals surface area contributed by atoms with E-state index in [4.69, 9.17) is 4.74 Å². The first-order valence-corrected chi connectivity index (χ1v) is 14.5. The zero-order chi connectivity index (χ0) is 24.7. The van der Waals surface area contributed by atoms with Gasteiger partial charge >= 0.3 is 0 Å². The van der Waals surface area contributed by atoms with E-state index in [1.165, 1.54) is 79.8 Å². The highest BCUT2D eigenvalue weighted by molar-refractivity contribution is 5.82. The van der Waals surface area contributed by atoms with Gasteiger partial charge in [0, 0.05) is 30.4 Å². The third-order valence-electron chi connectivity index (χ3n) is 11.3. The molecule has 1 saturated heterocycles. The first-order valence-electron chi connectivity index (χ1n) is 14.5. The standard InChI is InChI=1S/C33H42N2O/c1-22(2)35(4)21-23-5-8-27-18-28-11-13-31(3)29(25-7-6-24-12-16-34-20-26(24)17-25)9-10-30(31)33(28)15-14-32(27,19-23)36-33/h6-7,11-12,16-18,20,22-23,29-30H,5,8-10,13-15,19,21H2,1-4H3/t23-,29-,30-,31-,32-,33-/m1/s1. The lowest BCUT2D eigenvalue weighted by atomic mass is 9.58. The lowest BCUT2D eigenvalue weighted by molar-refractivity contribution is -0.139. The molecule has 0 N–H and O–H groups in total. The van der Waals surface area contributed by atoms with Crippen molar-refractivity contribution in [2.75, 3.05) is 13.6 Å². The maximum Gasteiger partial charge on any atom is 0.0974 e. The van der Waals surface area contributed by atoms with Gasteiger partial charge in [-0.25, -0.2) is 0 Å². The third kappa shape index (κ3) is 3.21. The summed E-state index contributed by atoms with van der Waals surface area (Å²) in [5, 5.41) is 2.56. The van der Waals surface area contributed by atoms with Crippen LogP contribution in [0.2, 0.25) is 0 Å². The summed E-state index contributed by atoms with van der Waals surface area (Å²) in [6, 6.07) is 9.85. The Labute approximate surface area is 217 Å². The van der Waals surface area contributed by atoms with Crippen LogP contribution in [0.25, 0.3) is 10.8 Å². The van der Waals surface area contributed by atoms with Crippen molar-refractivity contribution in [1.82, 2.24) is 9.88 Å². The van der Waals surface area contributed by atoms with Crippen LogP contribution >= 0.6 is 0 Å². The summed E-state index contributed by atoms with van der Waals surface area (Å²) >= 11 is 0. The molecule has 36 heavy (non-hydrogen) atoms. The largest absolute Gasteiger partial charge is 0.359 e. The Kier molecular flexibility index (Phi) is 5.16. The predicted octanol–water partition coefficient (Wildman–Crippen LogP) is 7.43. The lowest BCUT2D eigenvalue weighted by Gasteiger charge is -2.54. The predicted molar refractivity (Wildman–Crippen MR) is 147 cm³/mol. The van der Waals surface area contributed by atoms with Crippen LogP contribution in [0.4, 0.5) is 0 Å². The Hall–Kier alpha value is -1.97. The number of nitrogens with zero attached hydrogens (tertiary/aromatic N) is 2. The van der Waals surface area contributed by atoms with Crippen molar-refractivity contribution < 1.29 is 4.74 Å². The molecule has 7 rings (SSSR count). The molecule has 3 fully saturated rings. The highest BCUT2D eigenvalue weighted by atomic mass is 16.5. The molecule has 0 radical (unpaired) electrons. The van der Waals surface area contributed by atoms with Gasteiger partial charge in [-0.15, -0.1) is 0 Å². The van der Waals surface area contributed by atoms with E-state index in [0.29, 0.717) is 17.9 Å². The van der Waals surface area contributed by atoms with Crippen LogP contribution in [0.5, 0.6) is 0 Å². The summed E-state index contributed by atoms with van der Waals surface area (Å²) in [5.74, 6) is 1.94. The summed E-state index contributed by atoms with van der Waals surface area (Å²) in [7, 11) is 2.29. The fourth-order valence-corrected chi connectivity index (χ4v) is 9.15. The van der Waals surface area contributed by atoms with Gasteiger partial charge in [0.15, 0.2) is 0 Å². The number of aromatic nitrogens is 1. The maximum absolute atomic E-state index is 7.52. The Balaban J connectivity index is 1.21. The van der Waals surface area contributed by atoms with Gasteiger partial charge in [-0.05, 0) is 130 Å². The van der Waals surface area contributed by atoms with Gasteiger partial charge in [-0.3, -0.25) is 4.98 Å².